The van der Waals surface area contributed by atoms with Gasteiger partial charge in [-0.05, 0) is 25.7 Å². The van der Waals surface area contributed by atoms with Crippen LogP contribution in [0.5, 0.6) is 0 Å². The molecule has 4 rings (SSSR count). The lowest BCUT2D eigenvalue weighted by Gasteiger charge is -2.32. The molecular weight excluding hydrogens is 316 g/mol. The Bertz CT molecular complexity index is 720. The standard InChI is InChI=1S/C18H26N6O/c1-23(2)18-10-17(19-12-20-18)21-13-6-8-24(9-7-13)11-15-14-4-3-5-16(14)25-22-15/h10,12-13H,3-9,11H2,1-2H3,(H,19,20,21). The lowest BCUT2D eigenvalue weighted by Crippen LogP contribution is -2.39. The molecule has 1 aliphatic heterocycles. The minimum atomic E-state index is 0.462. The highest BCUT2D eigenvalue weighted by Crippen LogP contribution is 2.27. The van der Waals surface area contributed by atoms with Gasteiger partial charge in [0.25, 0.3) is 0 Å². The van der Waals surface area contributed by atoms with Gasteiger partial charge in [-0.1, -0.05) is 5.16 Å². The summed E-state index contributed by atoms with van der Waals surface area (Å²) < 4.78 is 5.47. The van der Waals surface area contributed by atoms with Crippen LogP contribution in [0.1, 0.15) is 36.3 Å². The molecule has 1 fully saturated rings. The molecule has 1 N–H and O–H groups in total. The molecule has 134 valence electrons. The van der Waals surface area contributed by atoms with Crippen molar-refractivity contribution in [1.82, 2.24) is 20.0 Å². The van der Waals surface area contributed by atoms with Crippen LogP contribution in [0.4, 0.5) is 11.6 Å². The first-order valence-corrected chi connectivity index (χ1v) is 9.13. The van der Waals surface area contributed by atoms with Gasteiger partial charge < -0.3 is 14.7 Å². The highest BCUT2D eigenvalue weighted by Gasteiger charge is 2.25. The average molecular weight is 342 g/mol. The smallest absolute Gasteiger partial charge is 0.140 e. The third-order valence-electron chi connectivity index (χ3n) is 5.21. The van der Waals surface area contributed by atoms with Gasteiger partial charge in [0.2, 0.25) is 0 Å². The van der Waals surface area contributed by atoms with Crippen LogP contribution in [0.2, 0.25) is 0 Å². The number of piperidine rings is 1. The van der Waals surface area contributed by atoms with Crippen molar-refractivity contribution < 1.29 is 4.52 Å². The van der Waals surface area contributed by atoms with E-state index in [4.69, 9.17) is 4.52 Å². The number of likely N-dealkylation sites (tertiary alicyclic amines) is 1. The zero-order valence-corrected chi connectivity index (χ0v) is 15.0. The molecule has 0 spiro atoms. The van der Waals surface area contributed by atoms with Crippen molar-refractivity contribution in [3.63, 3.8) is 0 Å². The number of nitrogens with zero attached hydrogens (tertiary/aromatic N) is 5. The molecule has 7 nitrogen and oxygen atoms in total. The number of anilines is 2. The molecule has 0 unspecified atom stereocenters. The summed E-state index contributed by atoms with van der Waals surface area (Å²) in [5.74, 6) is 2.95. The van der Waals surface area contributed by atoms with Gasteiger partial charge in [-0.3, -0.25) is 4.90 Å². The van der Waals surface area contributed by atoms with Crippen molar-refractivity contribution in [2.45, 2.75) is 44.7 Å². The van der Waals surface area contributed by atoms with Crippen LogP contribution >= 0.6 is 0 Å². The molecule has 7 heteroatoms. The summed E-state index contributed by atoms with van der Waals surface area (Å²) in [6.07, 6.45) is 7.25. The quantitative estimate of drug-likeness (QED) is 0.892. The van der Waals surface area contributed by atoms with E-state index in [0.29, 0.717) is 6.04 Å². The van der Waals surface area contributed by atoms with E-state index in [1.165, 1.54) is 12.0 Å². The maximum absolute atomic E-state index is 5.47. The van der Waals surface area contributed by atoms with Crippen molar-refractivity contribution in [2.75, 3.05) is 37.4 Å². The van der Waals surface area contributed by atoms with Crippen LogP contribution in [0.25, 0.3) is 0 Å². The molecule has 3 heterocycles. The van der Waals surface area contributed by atoms with Crippen LogP contribution in [-0.2, 0) is 19.4 Å². The van der Waals surface area contributed by atoms with Gasteiger partial charge in [-0.2, -0.15) is 0 Å². The summed E-state index contributed by atoms with van der Waals surface area (Å²) in [6, 6.07) is 2.47. The summed E-state index contributed by atoms with van der Waals surface area (Å²) in [4.78, 5) is 13.1. The fourth-order valence-electron chi connectivity index (χ4n) is 3.74. The Morgan fingerprint density at radius 3 is 2.88 bits per heavy atom. The predicted molar refractivity (Wildman–Crippen MR) is 96.8 cm³/mol. The Balaban J connectivity index is 1.30. The van der Waals surface area contributed by atoms with Gasteiger partial charge in [-0.15, -0.1) is 0 Å². The number of hydrogen-bond acceptors (Lipinski definition) is 7. The van der Waals surface area contributed by atoms with Crippen molar-refractivity contribution in [1.29, 1.82) is 0 Å². The normalized spacial score (nSPS) is 18.3. The van der Waals surface area contributed by atoms with E-state index in [0.717, 1.165) is 68.4 Å². The highest BCUT2D eigenvalue weighted by atomic mass is 16.5. The Hall–Kier alpha value is -2.15. The first-order valence-electron chi connectivity index (χ1n) is 9.13. The lowest BCUT2D eigenvalue weighted by molar-refractivity contribution is 0.205. The third-order valence-corrected chi connectivity index (χ3v) is 5.21. The average Bonchev–Trinajstić information content (AvgIpc) is 3.22. The summed E-state index contributed by atoms with van der Waals surface area (Å²) in [7, 11) is 3.98. The Labute approximate surface area is 148 Å². The van der Waals surface area contributed by atoms with E-state index in [1.807, 2.05) is 25.1 Å². The van der Waals surface area contributed by atoms with E-state index in [1.54, 1.807) is 6.33 Å². The van der Waals surface area contributed by atoms with E-state index < -0.39 is 0 Å². The van der Waals surface area contributed by atoms with Crippen molar-refractivity contribution in [3.8, 4) is 0 Å². The SMILES string of the molecule is CN(C)c1cc(NC2CCN(Cc3noc4c3CCC4)CC2)ncn1. The fraction of sp³-hybridized carbons (Fsp3) is 0.611. The zero-order valence-electron chi connectivity index (χ0n) is 15.0. The van der Waals surface area contributed by atoms with Crippen LogP contribution in [0.15, 0.2) is 16.9 Å². The molecular formula is C18H26N6O. The molecule has 1 saturated heterocycles. The van der Waals surface area contributed by atoms with Crippen molar-refractivity contribution in [2.24, 2.45) is 0 Å². The van der Waals surface area contributed by atoms with E-state index in [-0.39, 0.29) is 0 Å². The molecule has 2 aromatic heterocycles. The molecule has 2 aromatic rings. The predicted octanol–water partition coefficient (Wildman–Crippen LogP) is 2.10. The van der Waals surface area contributed by atoms with E-state index in [2.05, 4.69) is 25.3 Å². The number of hydrogen-bond donors (Lipinski definition) is 1. The maximum Gasteiger partial charge on any atom is 0.140 e. The van der Waals surface area contributed by atoms with Gasteiger partial charge in [0.05, 0.1) is 0 Å². The second-order valence-electron chi connectivity index (χ2n) is 7.24. The van der Waals surface area contributed by atoms with Crippen LogP contribution in [-0.4, -0.2) is 53.3 Å². The van der Waals surface area contributed by atoms with E-state index >= 15 is 0 Å². The maximum atomic E-state index is 5.47. The molecule has 0 saturated carbocycles. The van der Waals surface area contributed by atoms with Gasteiger partial charge >= 0.3 is 0 Å². The Kier molecular flexibility index (Phi) is 4.57. The van der Waals surface area contributed by atoms with Crippen LogP contribution < -0.4 is 10.2 Å². The summed E-state index contributed by atoms with van der Waals surface area (Å²) >= 11 is 0. The molecule has 0 bridgehead atoms. The summed E-state index contributed by atoms with van der Waals surface area (Å²) in [5.41, 5.74) is 2.53. The highest BCUT2D eigenvalue weighted by molar-refractivity contribution is 5.47. The lowest BCUT2D eigenvalue weighted by atomic mass is 10.0. The number of aromatic nitrogens is 3. The molecule has 1 aliphatic carbocycles. The van der Waals surface area contributed by atoms with Gasteiger partial charge in [0, 0.05) is 57.8 Å². The van der Waals surface area contributed by atoms with Gasteiger partial charge in [0.15, 0.2) is 0 Å². The monoisotopic (exact) mass is 342 g/mol. The number of rotatable bonds is 5. The minimum Gasteiger partial charge on any atom is -0.367 e. The van der Waals surface area contributed by atoms with Crippen molar-refractivity contribution in [3.05, 3.63) is 29.4 Å². The summed E-state index contributed by atoms with van der Waals surface area (Å²) in [5, 5.41) is 7.85. The molecule has 0 amide bonds. The number of nitrogens with one attached hydrogen (secondary N) is 1. The second-order valence-corrected chi connectivity index (χ2v) is 7.24. The molecule has 0 atom stereocenters. The van der Waals surface area contributed by atoms with E-state index in [9.17, 15) is 0 Å². The van der Waals surface area contributed by atoms with Crippen molar-refractivity contribution >= 4 is 11.6 Å². The molecule has 2 aliphatic rings. The van der Waals surface area contributed by atoms with Crippen LogP contribution in [0, 0.1) is 0 Å². The minimum absolute atomic E-state index is 0.462. The number of fused-ring (bicyclic) bond motifs is 1. The second kappa shape index (κ2) is 7.00. The van der Waals surface area contributed by atoms with Gasteiger partial charge in [-0.25, -0.2) is 9.97 Å². The van der Waals surface area contributed by atoms with Gasteiger partial charge in [0.1, 0.15) is 29.4 Å². The molecule has 25 heavy (non-hydrogen) atoms. The molecule has 0 radical (unpaired) electrons. The Morgan fingerprint density at radius 2 is 2.08 bits per heavy atom. The molecule has 0 aromatic carbocycles. The fourth-order valence-corrected chi connectivity index (χ4v) is 3.74. The first-order chi connectivity index (χ1) is 12.2. The Morgan fingerprint density at radius 1 is 1.24 bits per heavy atom. The van der Waals surface area contributed by atoms with Crippen LogP contribution in [0.3, 0.4) is 0 Å². The first kappa shape index (κ1) is 16.3. The topological polar surface area (TPSA) is 70.3 Å². The number of aryl methyl sites for hydroxylation is 1. The largest absolute Gasteiger partial charge is 0.367 e. The zero-order chi connectivity index (χ0) is 17.2. The summed E-state index contributed by atoms with van der Waals surface area (Å²) in [6.45, 7) is 3.07. The third kappa shape index (κ3) is 3.61.